The molecular formula is C23H30N8O. The number of aryl methyl sites for hydroxylation is 1. The van der Waals surface area contributed by atoms with Crippen molar-refractivity contribution in [2.45, 2.75) is 50.7 Å². The number of fused-ring (bicyclic) bond motifs is 3. The Morgan fingerprint density at radius 3 is 2.62 bits per heavy atom. The van der Waals surface area contributed by atoms with Gasteiger partial charge in [0, 0.05) is 35.3 Å². The average molecular weight is 435 g/mol. The van der Waals surface area contributed by atoms with Crippen molar-refractivity contribution in [3.8, 4) is 0 Å². The molecule has 3 N–H and O–H groups in total. The molecule has 2 aliphatic heterocycles. The van der Waals surface area contributed by atoms with Crippen molar-refractivity contribution in [1.82, 2.24) is 30.0 Å². The number of anilines is 3. The number of piperidine rings is 1. The van der Waals surface area contributed by atoms with E-state index in [1.54, 1.807) is 0 Å². The Balaban J connectivity index is 1.35. The number of nitrogens with zero attached hydrogens (tertiary/aromatic N) is 5. The Hall–Kier alpha value is -3.20. The lowest BCUT2D eigenvalue weighted by atomic mass is 9.97. The van der Waals surface area contributed by atoms with Gasteiger partial charge < -0.3 is 20.4 Å². The maximum Gasteiger partial charge on any atom is 0.237 e. The first-order chi connectivity index (χ1) is 15.5. The van der Waals surface area contributed by atoms with E-state index >= 15 is 0 Å². The van der Waals surface area contributed by atoms with Crippen LogP contribution in [0.25, 0.3) is 10.9 Å². The topological polar surface area (TPSA) is 102 Å². The molecule has 9 nitrogen and oxygen atoms in total. The largest absolute Gasteiger partial charge is 0.351 e. The summed E-state index contributed by atoms with van der Waals surface area (Å²) in [5.41, 5.74) is 1.86. The number of nitrogens with one attached hydrogen (secondary N) is 3. The quantitative estimate of drug-likeness (QED) is 0.548. The molecule has 168 valence electrons. The number of H-pyrrole nitrogens is 1. The minimum Gasteiger partial charge on any atom is -0.351 e. The predicted molar refractivity (Wildman–Crippen MR) is 125 cm³/mol. The van der Waals surface area contributed by atoms with Crippen molar-refractivity contribution in [1.29, 1.82) is 0 Å². The van der Waals surface area contributed by atoms with Crippen LogP contribution in [-0.4, -0.2) is 74.6 Å². The van der Waals surface area contributed by atoms with Crippen LogP contribution in [0.5, 0.6) is 0 Å². The normalized spacial score (nSPS) is 22.5. The van der Waals surface area contributed by atoms with Gasteiger partial charge in [0.25, 0.3) is 0 Å². The molecule has 9 heteroatoms. The van der Waals surface area contributed by atoms with Gasteiger partial charge in [-0.05, 0) is 58.8 Å². The lowest BCUT2D eigenvalue weighted by molar-refractivity contribution is -0.136. The van der Waals surface area contributed by atoms with Gasteiger partial charge in [0.15, 0.2) is 5.82 Å². The standard InChI is InChI=1S/C23H30N8O/c1-14-10-20(29-28-14)26-22-18-6-4-5-7-19(18)25-23(27-22)24-15-11-16-8-9-17(12-15)31(16)21(32)13-30(2)3/h4-7,10,15-17H,8-9,11-13H2,1-3H3,(H3,24,25,26,27,28,29)/t15?,16-,17+. The van der Waals surface area contributed by atoms with Gasteiger partial charge in [-0.2, -0.15) is 10.1 Å². The minimum atomic E-state index is 0.240. The molecule has 1 unspecified atom stereocenters. The molecule has 2 bridgehead atoms. The highest BCUT2D eigenvalue weighted by Gasteiger charge is 2.43. The highest BCUT2D eigenvalue weighted by Crippen LogP contribution is 2.37. The number of rotatable bonds is 6. The maximum atomic E-state index is 12.7. The zero-order valence-corrected chi connectivity index (χ0v) is 18.8. The van der Waals surface area contributed by atoms with Crippen molar-refractivity contribution in [2.24, 2.45) is 0 Å². The van der Waals surface area contributed by atoms with Crippen LogP contribution in [0, 0.1) is 6.92 Å². The number of aromatic nitrogens is 4. The molecule has 2 aliphatic rings. The number of likely N-dealkylation sites (N-methyl/N-ethyl adjacent to an activating group) is 1. The third-order valence-corrected chi connectivity index (χ3v) is 6.36. The zero-order valence-electron chi connectivity index (χ0n) is 18.8. The lowest BCUT2D eigenvalue weighted by Crippen LogP contribution is -2.52. The Kier molecular flexibility index (Phi) is 5.42. The first-order valence-electron chi connectivity index (χ1n) is 11.2. The molecule has 0 radical (unpaired) electrons. The molecule has 0 saturated carbocycles. The van der Waals surface area contributed by atoms with Crippen LogP contribution in [0.2, 0.25) is 0 Å². The maximum absolute atomic E-state index is 12.7. The van der Waals surface area contributed by atoms with Crippen LogP contribution in [-0.2, 0) is 4.79 Å². The van der Waals surface area contributed by atoms with Gasteiger partial charge in [-0.15, -0.1) is 0 Å². The highest BCUT2D eigenvalue weighted by molar-refractivity contribution is 5.91. The fourth-order valence-electron chi connectivity index (χ4n) is 5.08. The molecule has 5 rings (SSSR count). The second-order valence-corrected chi connectivity index (χ2v) is 9.21. The molecule has 3 aromatic rings. The van der Waals surface area contributed by atoms with Crippen LogP contribution in [0.4, 0.5) is 17.6 Å². The van der Waals surface area contributed by atoms with E-state index in [9.17, 15) is 4.79 Å². The molecule has 4 heterocycles. The molecule has 32 heavy (non-hydrogen) atoms. The summed E-state index contributed by atoms with van der Waals surface area (Å²) in [5.74, 6) is 2.30. The number of hydrogen-bond acceptors (Lipinski definition) is 7. The molecule has 2 aromatic heterocycles. The Labute approximate surface area is 187 Å². The van der Waals surface area contributed by atoms with E-state index in [2.05, 4.69) is 25.7 Å². The third kappa shape index (κ3) is 4.12. The molecule has 0 aliphatic carbocycles. The summed E-state index contributed by atoms with van der Waals surface area (Å²) in [5, 5.41) is 15.1. The number of aromatic amines is 1. The number of para-hydroxylation sites is 1. The molecule has 1 amide bonds. The van der Waals surface area contributed by atoms with E-state index in [0.29, 0.717) is 24.6 Å². The van der Waals surface area contributed by atoms with Crippen molar-refractivity contribution < 1.29 is 4.79 Å². The molecule has 3 atom stereocenters. The number of benzene rings is 1. The monoisotopic (exact) mass is 434 g/mol. The van der Waals surface area contributed by atoms with Crippen molar-refractivity contribution >= 4 is 34.4 Å². The van der Waals surface area contributed by atoms with Crippen molar-refractivity contribution in [3.63, 3.8) is 0 Å². The van der Waals surface area contributed by atoms with Crippen molar-refractivity contribution in [2.75, 3.05) is 31.3 Å². The number of carbonyl (C=O) groups is 1. The third-order valence-electron chi connectivity index (χ3n) is 6.36. The summed E-state index contributed by atoms with van der Waals surface area (Å²) in [6.07, 6.45) is 4.00. The second-order valence-electron chi connectivity index (χ2n) is 9.21. The van der Waals surface area contributed by atoms with E-state index in [-0.39, 0.29) is 11.9 Å². The smallest absolute Gasteiger partial charge is 0.237 e. The van der Waals surface area contributed by atoms with Gasteiger partial charge >= 0.3 is 0 Å². The van der Waals surface area contributed by atoms with E-state index in [1.165, 1.54) is 0 Å². The van der Waals surface area contributed by atoms with E-state index < -0.39 is 0 Å². The van der Waals surface area contributed by atoms with Gasteiger partial charge in [0.2, 0.25) is 11.9 Å². The summed E-state index contributed by atoms with van der Waals surface area (Å²) in [6, 6.07) is 10.8. The van der Waals surface area contributed by atoms with Crippen LogP contribution < -0.4 is 10.6 Å². The Morgan fingerprint density at radius 2 is 1.94 bits per heavy atom. The summed E-state index contributed by atoms with van der Waals surface area (Å²) >= 11 is 0. The van der Waals surface area contributed by atoms with Crippen LogP contribution in [0.15, 0.2) is 30.3 Å². The van der Waals surface area contributed by atoms with E-state index in [1.807, 2.05) is 56.3 Å². The fraction of sp³-hybridized carbons (Fsp3) is 0.478. The molecule has 0 spiro atoms. The molecule has 2 fully saturated rings. The van der Waals surface area contributed by atoms with Gasteiger partial charge in [0.05, 0.1) is 12.1 Å². The summed E-state index contributed by atoms with van der Waals surface area (Å²) in [6.45, 7) is 2.44. The Morgan fingerprint density at radius 1 is 1.19 bits per heavy atom. The Bertz CT molecular complexity index is 1110. The summed E-state index contributed by atoms with van der Waals surface area (Å²) in [4.78, 5) is 26.4. The zero-order chi connectivity index (χ0) is 22.2. The van der Waals surface area contributed by atoms with Crippen LogP contribution in [0.1, 0.15) is 31.4 Å². The highest BCUT2D eigenvalue weighted by atomic mass is 16.2. The van der Waals surface area contributed by atoms with Gasteiger partial charge in [0.1, 0.15) is 5.82 Å². The summed E-state index contributed by atoms with van der Waals surface area (Å²) in [7, 11) is 3.89. The SMILES string of the molecule is Cc1cc(Nc2nc(NC3C[C@H]4CC[C@@H](C3)N4C(=O)CN(C)C)nc3ccccc23)n[nH]1. The lowest BCUT2D eigenvalue weighted by Gasteiger charge is -2.39. The van der Waals surface area contributed by atoms with Crippen molar-refractivity contribution in [3.05, 3.63) is 36.0 Å². The second kappa shape index (κ2) is 8.38. The van der Waals surface area contributed by atoms with E-state index in [4.69, 9.17) is 9.97 Å². The van der Waals surface area contributed by atoms with Crippen LogP contribution in [0.3, 0.4) is 0 Å². The molecular weight excluding hydrogens is 404 g/mol. The molecule has 2 saturated heterocycles. The van der Waals surface area contributed by atoms with Crippen LogP contribution >= 0.6 is 0 Å². The summed E-state index contributed by atoms with van der Waals surface area (Å²) < 4.78 is 0. The average Bonchev–Trinajstić information content (AvgIpc) is 3.27. The number of carbonyl (C=O) groups excluding carboxylic acids is 1. The predicted octanol–water partition coefficient (Wildman–Crippen LogP) is 2.90. The minimum absolute atomic E-state index is 0.240. The van der Waals surface area contributed by atoms with Gasteiger partial charge in [-0.1, -0.05) is 12.1 Å². The fourth-order valence-corrected chi connectivity index (χ4v) is 5.08. The molecule has 1 aromatic carbocycles. The van der Waals surface area contributed by atoms with E-state index in [0.717, 1.165) is 53.9 Å². The first-order valence-corrected chi connectivity index (χ1v) is 11.2. The van der Waals surface area contributed by atoms with Gasteiger partial charge in [-0.3, -0.25) is 9.89 Å². The van der Waals surface area contributed by atoms with Gasteiger partial charge in [-0.25, -0.2) is 4.98 Å². The number of amides is 1. The number of hydrogen-bond donors (Lipinski definition) is 3. The first kappa shape index (κ1) is 20.7.